The monoisotopic (exact) mass is 216 g/mol. The Labute approximate surface area is 94.2 Å². The molecule has 0 bridgehead atoms. The van der Waals surface area contributed by atoms with Crippen LogP contribution in [0.15, 0.2) is 30.6 Å². The zero-order valence-electron chi connectivity index (χ0n) is 9.37. The van der Waals surface area contributed by atoms with Gasteiger partial charge in [0, 0.05) is 18.0 Å². The van der Waals surface area contributed by atoms with Crippen molar-refractivity contribution in [1.82, 2.24) is 9.97 Å². The van der Waals surface area contributed by atoms with Crippen LogP contribution in [0.5, 0.6) is 0 Å². The van der Waals surface area contributed by atoms with Crippen LogP contribution >= 0.6 is 0 Å². The summed E-state index contributed by atoms with van der Waals surface area (Å²) < 4.78 is 13.3. The van der Waals surface area contributed by atoms with Crippen LogP contribution in [0.1, 0.15) is 18.2 Å². The Hall–Kier alpha value is -1.77. The third kappa shape index (κ3) is 2.08. The summed E-state index contributed by atoms with van der Waals surface area (Å²) in [5.74, 6) is -0.234. The highest BCUT2D eigenvalue weighted by Gasteiger charge is 2.07. The number of rotatable bonds is 2. The SMILES string of the molecule is CCc1nccnc1-c1cc(C)cc(F)c1. The highest BCUT2D eigenvalue weighted by atomic mass is 19.1. The fourth-order valence-corrected chi connectivity index (χ4v) is 1.74. The summed E-state index contributed by atoms with van der Waals surface area (Å²) in [5.41, 5.74) is 3.35. The molecule has 0 aliphatic heterocycles. The molecule has 0 saturated heterocycles. The van der Waals surface area contributed by atoms with Crippen molar-refractivity contribution in [3.63, 3.8) is 0 Å². The summed E-state index contributed by atoms with van der Waals surface area (Å²) in [6, 6.07) is 4.92. The summed E-state index contributed by atoms with van der Waals surface area (Å²) in [5, 5.41) is 0. The van der Waals surface area contributed by atoms with Gasteiger partial charge in [-0.1, -0.05) is 6.92 Å². The van der Waals surface area contributed by atoms with Crippen molar-refractivity contribution in [2.45, 2.75) is 20.3 Å². The van der Waals surface area contributed by atoms with Gasteiger partial charge in [-0.05, 0) is 37.1 Å². The zero-order valence-corrected chi connectivity index (χ0v) is 9.37. The smallest absolute Gasteiger partial charge is 0.124 e. The number of halogens is 1. The second-order valence-corrected chi connectivity index (χ2v) is 3.72. The minimum absolute atomic E-state index is 0.234. The van der Waals surface area contributed by atoms with Crippen molar-refractivity contribution < 1.29 is 4.39 Å². The van der Waals surface area contributed by atoms with Gasteiger partial charge in [-0.3, -0.25) is 9.97 Å². The van der Waals surface area contributed by atoms with Crippen LogP contribution in [0, 0.1) is 12.7 Å². The summed E-state index contributed by atoms with van der Waals surface area (Å²) >= 11 is 0. The molecule has 0 fully saturated rings. The molecular formula is C13H13FN2. The molecule has 2 nitrogen and oxygen atoms in total. The molecule has 0 aliphatic rings. The van der Waals surface area contributed by atoms with Gasteiger partial charge in [0.05, 0.1) is 11.4 Å². The van der Waals surface area contributed by atoms with Gasteiger partial charge >= 0.3 is 0 Å². The molecule has 0 unspecified atom stereocenters. The zero-order chi connectivity index (χ0) is 11.5. The first kappa shape index (κ1) is 10.7. The van der Waals surface area contributed by atoms with Gasteiger partial charge in [-0.2, -0.15) is 0 Å². The Morgan fingerprint density at radius 1 is 1.12 bits per heavy atom. The maximum absolute atomic E-state index is 13.3. The predicted octanol–water partition coefficient (Wildman–Crippen LogP) is 3.15. The number of hydrogen-bond acceptors (Lipinski definition) is 2. The maximum Gasteiger partial charge on any atom is 0.124 e. The van der Waals surface area contributed by atoms with E-state index in [9.17, 15) is 4.39 Å². The Morgan fingerprint density at radius 3 is 2.56 bits per heavy atom. The molecule has 0 saturated carbocycles. The minimum Gasteiger partial charge on any atom is -0.257 e. The standard InChI is InChI=1S/C13H13FN2/c1-3-12-13(16-5-4-15-12)10-6-9(2)7-11(14)8-10/h4-8H,3H2,1-2H3. The Balaban J connectivity index is 2.58. The van der Waals surface area contributed by atoms with Crippen LogP contribution in [-0.2, 0) is 6.42 Å². The predicted molar refractivity (Wildman–Crippen MR) is 61.5 cm³/mol. The molecule has 0 radical (unpaired) electrons. The molecular weight excluding hydrogens is 203 g/mol. The third-order valence-corrected chi connectivity index (χ3v) is 2.42. The molecule has 16 heavy (non-hydrogen) atoms. The molecule has 1 heterocycles. The van der Waals surface area contributed by atoms with Gasteiger partial charge in [-0.25, -0.2) is 4.39 Å². The molecule has 1 aromatic carbocycles. The van der Waals surface area contributed by atoms with Crippen LogP contribution in [-0.4, -0.2) is 9.97 Å². The lowest BCUT2D eigenvalue weighted by atomic mass is 10.1. The molecule has 1 aromatic heterocycles. The summed E-state index contributed by atoms with van der Waals surface area (Å²) in [4.78, 5) is 8.52. The van der Waals surface area contributed by atoms with E-state index in [1.165, 1.54) is 12.1 Å². The molecule has 2 rings (SSSR count). The minimum atomic E-state index is -0.234. The molecule has 3 heteroatoms. The fourth-order valence-electron chi connectivity index (χ4n) is 1.74. The highest BCUT2D eigenvalue weighted by molar-refractivity contribution is 5.62. The molecule has 82 valence electrons. The first-order valence-corrected chi connectivity index (χ1v) is 5.28. The van der Waals surface area contributed by atoms with E-state index in [0.717, 1.165) is 28.9 Å². The van der Waals surface area contributed by atoms with Crippen molar-refractivity contribution in [2.24, 2.45) is 0 Å². The molecule has 0 spiro atoms. The fraction of sp³-hybridized carbons (Fsp3) is 0.231. The molecule has 0 aliphatic carbocycles. The van der Waals surface area contributed by atoms with Crippen LogP contribution in [0.2, 0.25) is 0 Å². The van der Waals surface area contributed by atoms with Crippen molar-refractivity contribution >= 4 is 0 Å². The lowest BCUT2D eigenvalue weighted by Crippen LogP contribution is -1.95. The largest absolute Gasteiger partial charge is 0.257 e. The van der Waals surface area contributed by atoms with Gasteiger partial charge in [0.2, 0.25) is 0 Å². The molecule has 2 aromatic rings. The van der Waals surface area contributed by atoms with Gasteiger partial charge in [0.15, 0.2) is 0 Å². The van der Waals surface area contributed by atoms with E-state index >= 15 is 0 Å². The molecule has 0 amide bonds. The number of nitrogens with zero attached hydrogens (tertiary/aromatic N) is 2. The van der Waals surface area contributed by atoms with Crippen LogP contribution in [0.4, 0.5) is 4.39 Å². The van der Waals surface area contributed by atoms with Crippen molar-refractivity contribution in [2.75, 3.05) is 0 Å². The number of aryl methyl sites for hydroxylation is 2. The van der Waals surface area contributed by atoms with Crippen LogP contribution in [0.25, 0.3) is 11.3 Å². The second kappa shape index (κ2) is 4.39. The normalized spacial score (nSPS) is 10.4. The van der Waals surface area contributed by atoms with Crippen molar-refractivity contribution in [3.05, 3.63) is 47.7 Å². The van der Waals surface area contributed by atoms with Gasteiger partial charge < -0.3 is 0 Å². The molecule has 0 N–H and O–H groups in total. The van der Waals surface area contributed by atoms with E-state index in [1.807, 2.05) is 19.9 Å². The lowest BCUT2D eigenvalue weighted by molar-refractivity contribution is 0.627. The first-order chi connectivity index (χ1) is 7.70. The Bertz CT molecular complexity index is 489. The van der Waals surface area contributed by atoms with Gasteiger partial charge in [0.25, 0.3) is 0 Å². The van der Waals surface area contributed by atoms with Crippen molar-refractivity contribution in [1.29, 1.82) is 0 Å². The summed E-state index contributed by atoms with van der Waals surface area (Å²) in [6.07, 6.45) is 4.09. The number of aromatic nitrogens is 2. The topological polar surface area (TPSA) is 25.8 Å². The Morgan fingerprint density at radius 2 is 1.88 bits per heavy atom. The van der Waals surface area contributed by atoms with Crippen LogP contribution in [0.3, 0.4) is 0 Å². The quantitative estimate of drug-likeness (QED) is 0.770. The van der Waals surface area contributed by atoms with E-state index in [1.54, 1.807) is 12.4 Å². The van der Waals surface area contributed by atoms with E-state index < -0.39 is 0 Å². The second-order valence-electron chi connectivity index (χ2n) is 3.72. The van der Waals surface area contributed by atoms with E-state index in [-0.39, 0.29) is 5.82 Å². The average molecular weight is 216 g/mol. The highest BCUT2D eigenvalue weighted by Crippen LogP contribution is 2.22. The van der Waals surface area contributed by atoms with Gasteiger partial charge in [0.1, 0.15) is 5.82 Å². The van der Waals surface area contributed by atoms with Crippen molar-refractivity contribution in [3.8, 4) is 11.3 Å². The first-order valence-electron chi connectivity index (χ1n) is 5.28. The average Bonchev–Trinajstić information content (AvgIpc) is 2.27. The van der Waals surface area contributed by atoms with E-state index in [4.69, 9.17) is 0 Å². The van der Waals surface area contributed by atoms with E-state index in [0.29, 0.717) is 0 Å². The van der Waals surface area contributed by atoms with Gasteiger partial charge in [-0.15, -0.1) is 0 Å². The van der Waals surface area contributed by atoms with Crippen LogP contribution < -0.4 is 0 Å². The summed E-state index contributed by atoms with van der Waals surface area (Å²) in [6.45, 7) is 3.88. The third-order valence-electron chi connectivity index (χ3n) is 2.42. The maximum atomic E-state index is 13.3. The Kier molecular flexibility index (Phi) is 2.95. The number of hydrogen-bond donors (Lipinski definition) is 0. The summed E-state index contributed by atoms with van der Waals surface area (Å²) in [7, 11) is 0. The lowest BCUT2D eigenvalue weighted by Gasteiger charge is -2.06. The number of benzene rings is 1. The van der Waals surface area contributed by atoms with E-state index in [2.05, 4.69) is 9.97 Å². The molecule has 0 atom stereocenters.